The van der Waals surface area contributed by atoms with Crippen LogP contribution in [0.25, 0.3) is 11.0 Å². The Bertz CT molecular complexity index is 645. The summed E-state index contributed by atoms with van der Waals surface area (Å²) in [5.74, 6) is 0.618. The third-order valence-electron chi connectivity index (χ3n) is 3.35. The van der Waals surface area contributed by atoms with Crippen molar-refractivity contribution in [3.63, 3.8) is 0 Å². The van der Waals surface area contributed by atoms with Crippen LogP contribution in [0.5, 0.6) is 0 Å². The number of nitrogens with one attached hydrogen (secondary N) is 1. The molecular formula is C13H16BClN5O2. The van der Waals surface area contributed by atoms with Crippen molar-refractivity contribution in [3.05, 3.63) is 23.6 Å². The molecule has 0 aromatic carbocycles. The number of halogens is 1. The Balaban J connectivity index is 1.68. The van der Waals surface area contributed by atoms with Gasteiger partial charge in [0.05, 0.1) is 18.2 Å². The van der Waals surface area contributed by atoms with Crippen LogP contribution in [-0.2, 0) is 9.39 Å². The molecule has 1 saturated heterocycles. The molecule has 0 unspecified atom stereocenters. The minimum atomic E-state index is 0.0349. The molecule has 115 valence electrons. The zero-order chi connectivity index (χ0) is 15.4. The van der Waals surface area contributed by atoms with Gasteiger partial charge in [0, 0.05) is 45.2 Å². The predicted molar refractivity (Wildman–Crippen MR) is 84.9 cm³/mol. The Labute approximate surface area is 134 Å². The van der Waals surface area contributed by atoms with Crippen molar-refractivity contribution in [2.24, 2.45) is 0 Å². The van der Waals surface area contributed by atoms with E-state index < -0.39 is 0 Å². The van der Waals surface area contributed by atoms with Crippen molar-refractivity contribution in [1.82, 2.24) is 19.8 Å². The molecule has 1 aliphatic rings. The van der Waals surface area contributed by atoms with E-state index in [0.717, 1.165) is 13.1 Å². The molecule has 3 rings (SSSR count). The van der Waals surface area contributed by atoms with Gasteiger partial charge in [-0.15, -0.1) is 0 Å². The molecular weight excluding hydrogens is 304 g/mol. The second-order valence-corrected chi connectivity index (χ2v) is 5.31. The molecule has 1 radical (unpaired) electrons. The second kappa shape index (κ2) is 7.19. The summed E-state index contributed by atoms with van der Waals surface area (Å²) in [6.45, 7) is 2.85. The van der Waals surface area contributed by atoms with Crippen molar-refractivity contribution in [2.45, 2.75) is 6.10 Å². The highest BCUT2D eigenvalue weighted by Gasteiger charge is 2.21. The van der Waals surface area contributed by atoms with E-state index in [4.69, 9.17) is 21.0 Å². The first-order valence-corrected chi connectivity index (χ1v) is 7.37. The van der Waals surface area contributed by atoms with Gasteiger partial charge >= 0.3 is 7.62 Å². The van der Waals surface area contributed by atoms with Crippen LogP contribution in [0.4, 0.5) is 5.82 Å². The van der Waals surface area contributed by atoms with Crippen LogP contribution in [0.1, 0.15) is 0 Å². The molecule has 1 atom stereocenters. The SMILES string of the molecule is CO[B]N1CCO[C@H](CNc2nc(Cl)cc3nccnc23)C1. The lowest BCUT2D eigenvalue weighted by Gasteiger charge is -2.31. The highest BCUT2D eigenvalue weighted by molar-refractivity contribution is 6.30. The molecule has 0 saturated carbocycles. The number of aromatic nitrogens is 3. The number of anilines is 1. The topological polar surface area (TPSA) is 72.4 Å². The molecule has 1 fully saturated rings. The minimum Gasteiger partial charge on any atom is -0.427 e. The van der Waals surface area contributed by atoms with Crippen molar-refractivity contribution in [1.29, 1.82) is 0 Å². The van der Waals surface area contributed by atoms with Gasteiger partial charge in [-0.3, -0.25) is 4.98 Å². The summed E-state index contributed by atoms with van der Waals surface area (Å²) in [7, 11) is 3.36. The first kappa shape index (κ1) is 15.4. The fourth-order valence-electron chi connectivity index (χ4n) is 2.39. The summed E-state index contributed by atoms with van der Waals surface area (Å²) < 4.78 is 10.8. The van der Waals surface area contributed by atoms with E-state index in [-0.39, 0.29) is 6.10 Å². The maximum atomic E-state index is 6.03. The number of morpholine rings is 1. The molecule has 0 aliphatic carbocycles. The Morgan fingerprint density at radius 1 is 1.50 bits per heavy atom. The molecule has 3 heterocycles. The standard InChI is InChI=1S/C13H16BClN5O2/c1-21-14-20-4-5-22-9(8-20)7-18-13-12-10(6-11(15)19-13)16-2-3-17-12/h2-3,6,9H,4-5,7-8H2,1H3,(H,18,19)/t9-/m1/s1. The molecule has 0 bridgehead atoms. The first-order chi connectivity index (χ1) is 10.8. The average Bonchev–Trinajstić information content (AvgIpc) is 2.53. The van der Waals surface area contributed by atoms with Gasteiger partial charge in [0.15, 0.2) is 5.82 Å². The largest absolute Gasteiger partial charge is 0.427 e. The van der Waals surface area contributed by atoms with Crippen LogP contribution in [0.3, 0.4) is 0 Å². The van der Waals surface area contributed by atoms with Crippen molar-refractivity contribution >= 4 is 36.1 Å². The number of hydrogen-bond acceptors (Lipinski definition) is 7. The van der Waals surface area contributed by atoms with Gasteiger partial charge in [-0.05, 0) is 0 Å². The summed E-state index contributed by atoms with van der Waals surface area (Å²) in [5, 5.41) is 3.64. The Hall–Kier alpha value is -1.48. The quantitative estimate of drug-likeness (QED) is 0.650. The highest BCUT2D eigenvalue weighted by Crippen LogP contribution is 2.21. The highest BCUT2D eigenvalue weighted by atomic mass is 35.5. The maximum absolute atomic E-state index is 6.03. The van der Waals surface area contributed by atoms with Gasteiger partial charge < -0.3 is 19.5 Å². The Morgan fingerprint density at radius 3 is 3.23 bits per heavy atom. The number of pyridine rings is 1. The second-order valence-electron chi connectivity index (χ2n) is 4.93. The van der Waals surface area contributed by atoms with Crippen LogP contribution < -0.4 is 5.32 Å². The van der Waals surface area contributed by atoms with Crippen molar-refractivity contribution < 1.29 is 9.39 Å². The molecule has 1 N–H and O–H groups in total. The van der Waals surface area contributed by atoms with Crippen LogP contribution in [0.2, 0.25) is 5.15 Å². The summed E-state index contributed by atoms with van der Waals surface area (Å²) in [6, 6.07) is 1.70. The van der Waals surface area contributed by atoms with Gasteiger partial charge in [0.1, 0.15) is 10.7 Å². The van der Waals surface area contributed by atoms with E-state index >= 15 is 0 Å². The number of ether oxygens (including phenoxy) is 1. The molecule has 2 aromatic heterocycles. The predicted octanol–water partition coefficient (Wildman–Crippen LogP) is 0.971. The maximum Gasteiger partial charge on any atom is 0.398 e. The first-order valence-electron chi connectivity index (χ1n) is 6.99. The summed E-state index contributed by atoms with van der Waals surface area (Å²) in [4.78, 5) is 14.9. The number of hydrogen-bond donors (Lipinski definition) is 1. The molecule has 7 nitrogen and oxygen atoms in total. The van der Waals surface area contributed by atoms with Gasteiger partial charge in [-0.2, -0.15) is 0 Å². The third-order valence-corrected chi connectivity index (χ3v) is 3.54. The lowest BCUT2D eigenvalue weighted by atomic mass is 10.1. The monoisotopic (exact) mass is 320 g/mol. The van der Waals surface area contributed by atoms with Crippen molar-refractivity contribution in [2.75, 3.05) is 38.7 Å². The van der Waals surface area contributed by atoms with Crippen LogP contribution >= 0.6 is 11.6 Å². The van der Waals surface area contributed by atoms with Crippen molar-refractivity contribution in [3.8, 4) is 0 Å². The number of nitrogens with zero attached hydrogens (tertiary/aromatic N) is 4. The van der Waals surface area contributed by atoms with Gasteiger partial charge in [-0.25, -0.2) is 9.97 Å². The van der Waals surface area contributed by atoms with E-state index in [0.29, 0.717) is 35.2 Å². The zero-order valence-corrected chi connectivity index (χ0v) is 13.0. The van der Waals surface area contributed by atoms with Gasteiger partial charge in [0.25, 0.3) is 0 Å². The third kappa shape index (κ3) is 3.64. The van der Waals surface area contributed by atoms with Gasteiger partial charge in [0.2, 0.25) is 0 Å². The summed E-state index contributed by atoms with van der Waals surface area (Å²) >= 11 is 6.03. The Kier molecular flexibility index (Phi) is 5.04. The van der Waals surface area contributed by atoms with E-state index in [9.17, 15) is 0 Å². The summed E-state index contributed by atoms with van der Waals surface area (Å²) in [6.07, 6.45) is 3.30. The van der Waals surface area contributed by atoms with Crippen LogP contribution in [-0.4, -0.2) is 66.8 Å². The lowest BCUT2D eigenvalue weighted by molar-refractivity contribution is 0.00224. The Morgan fingerprint density at radius 2 is 2.36 bits per heavy atom. The van der Waals surface area contributed by atoms with E-state index in [1.807, 2.05) is 0 Å². The van der Waals surface area contributed by atoms with E-state index in [2.05, 4.69) is 25.1 Å². The molecule has 9 heteroatoms. The molecule has 0 amide bonds. The molecule has 1 aliphatic heterocycles. The van der Waals surface area contributed by atoms with E-state index in [1.165, 1.54) is 0 Å². The fraction of sp³-hybridized carbons (Fsp3) is 0.462. The lowest BCUT2D eigenvalue weighted by Crippen LogP contribution is -2.47. The normalized spacial score (nSPS) is 19.3. The molecule has 0 spiro atoms. The van der Waals surface area contributed by atoms with Crippen LogP contribution in [0, 0.1) is 0 Å². The smallest absolute Gasteiger partial charge is 0.398 e. The summed E-state index contributed by atoms with van der Waals surface area (Å²) in [5.41, 5.74) is 1.41. The average molecular weight is 321 g/mol. The fourth-order valence-corrected chi connectivity index (χ4v) is 2.57. The molecule has 22 heavy (non-hydrogen) atoms. The number of fused-ring (bicyclic) bond motifs is 1. The van der Waals surface area contributed by atoms with E-state index in [1.54, 1.807) is 33.2 Å². The van der Waals surface area contributed by atoms with Crippen LogP contribution in [0.15, 0.2) is 18.5 Å². The molecule has 2 aromatic rings. The van der Waals surface area contributed by atoms with Gasteiger partial charge in [-0.1, -0.05) is 11.6 Å². The number of rotatable bonds is 5. The minimum absolute atomic E-state index is 0.0349. The zero-order valence-electron chi connectivity index (χ0n) is 12.2.